The lowest BCUT2D eigenvalue weighted by atomic mass is 10.1. The molecule has 8 nitrogen and oxygen atoms in total. The fraction of sp³-hybridized carbons (Fsp3) is 0.0625. The molecule has 0 spiro atoms. The van der Waals surface area contributed by atoms with E-state index in [-0.39, 0.29) is 34.5 Å². The van der Waals surface area contributed by atoms with Gasteiger partial charge in [-0.15, -0.1) is 0 Å². The van der Waals surface area contributed by atoms with E-state index in [9.17, 15) is 19.7 Å². The van der Waals surface area contributed by atoms with E-state index in [0.29, 0.717) is 16.6 Å². The Hall–Kier alpha value is -3.55. The Kier molecular flexibility index (Phi) is 2.77. The third-order valence-electron chi connectivity index (χ3n) is 3.92. The number of carbonyl (C=O) groups is 2. The molecule has 0 N–H and O–H groups in total. The second-order valence-electron chi connectivity index (χ2n) is 5.36. The highest BCUT2D eigenvalue weighted by Gasteiger charge is 2.33. The lowest BCUT2D eigenvalue weighted by molar-refractivity contribution is -0.384. The minimum absolute atomic E-state index is 0.0958. The van der Waals surface area contributed by atoms with E-state index in [0.717, 1.165) is 4.90 Å². The van der Waals surface area contributed by atoms with Gasteiger partial charge in [0.15, 0.2) is 5.58 Å². The van der Waals surface area contributed by atoms with Crippen LogP contribution in [0.4, 0.5) is 5.69 Å². The minimum Gasteiger partial charge on any atom is -0.436 e. The molecule has 1 aromatic heterocycles. The Morgan fingerprint density at radius 3 is 2.58 bits per heavy atom. The van der Waals surface area contributed by atoms with Gasteiger partial charge in [-0.2, -0.15) is 0 Å². The first-order chi connectivity index (χ1) is 11.5. The zero-order chi connectivity index (χ0) is 17.0. The quantitative estimate of drug-likeness (QED) is 0.407. The third kappa shape index (κ3) is 1.89. The molecular weight excluding hydrogens is 314 g/mol. The molecule has 0 saturated heterocycles. The molecule has 0 saturated carbocycles. The van der Waals surface area contributed by atoms with Gasteiger partial charge in [0.1, 0.15) is 5.52 Å². The summed E-state index contributed by atoms with van der Waals surface area (Å²) in [6.07, 6.45) is 0. The number of nitro benzene ring substituents is 1. The van der Waals surface area contributed by atoms with E-state index in [4.69, 9.17) is 4.42 Å². The van der Waals surface area contributed by atoms with E-state index in [1.54, 1.807) is 12.1 Å². The molecule has 2 amide bonds. The Labute approximate surface area is 134 Å². The SMILES string of the molecule is CN1C(=O)c2ccc(-c3nc4ccc([N+](=O)[O-])cc4o3)cc2C1=O. The van der Waals surface area contributed by atoms with Crippen LogP contribution >= 0.6 is 0 Å². The summed E-state index contributed by atoms with van der Waals surface area (Å²) < 4.78 is 5.57. The van der Waals surface area contributed by atoms with Crippen LogP contribution in [-0.2, 0) is 0 Å². The van der Waals surface area contributed by atoms with E-state index in [1.165, 1.54) is 31.3 Å². The molecule has 1 aliphatic rings. The standard InChI is InChI=1S/C16H9N3O5/c1-18-15(20)10-4-2-8(6-11(10)16(18)21)14-17-12-5-3-9(19(22)23)7-13(12)24-14/h2-7H,1H3. The maximum atomic E-state index is 12.1. The van der Waals surface area contributed by atoms with Crippen molar-refractivity contribution in [1.29, 1.82) is 0 Å². The van der Waals surface area contributed by atoms with Gasteiger partial charge in [0.2, 0.25) is 5.89 Å². The summed E-state index contributed by atoms with van der Waals surface area (Å²) in [6, 6.07) is 8.85. The molecule has 3 aromatic rings. The molecule has 0 bridgehead atoms. The molecule has 2 aromatic carbocycles. The van der Waals surface area contributed by atoms with Crippen LogP contribution in [0.3, 0.4) is 0 Å². The van der Waals surface area contributed by atoms with Crippen LogP contribution in [0.15, 0.2) is 40.8 Å². The van der Waals surface area contributed by atoms with Gasteiger partial charge in [-0.05, 0) is 24.3 Å². The number of non-ortho nitro benzene ring substituents is 1. The first-order valence-corrected chi connectivity index (χ1v) is 6.97. The van der Waals surface area contributed by atoms with Crippen LogP contribution in [0.25, 0.3) is 22.6 Å². The van der Waals surface area contributed by atoms with E-state index >= 15 is 0 Å². The van der Waals surface area contributed by atoms with Crippen molar-refractivity contribution in [3.8, 4) is 11.5 Å². The summed E-state index contributed by atoms with van der Waals surface area (Å²) in [7, 11) is 1.42. The molecule has 0 fully saturated rings. The summed E-state index contributed by atoms with van der Waals surface area (Å²) in [4.78, 5) is 39.6. The van der Waals surface area contributed by atoms with E-state index in [1.807, 2.05) is 0 Å². The predicted molar refractivity (Wildman–Crippen MR) is 82.5 cm³/mol. The number of rotatable bonds is 2. The molecule has 0 atom stereocenters. The van der Waals surface area contributed by atoms with Crippen LogP contribution in [0.1, 0.15) is 20.7 Å². The van der Waals surface area contributed by atoms with Crippen molar-refractivity contribution in [2.24, 2.45) is 0 Å². The van der Waals surface area contributed by atoms with Crippen molar-refractivity contribution in [2.75, 3.05) is 7.05 Å². The number of hydrogen-bond acceptors (Lipinski definition) is 6. The van der Waals surface area contributed by atoms with E-state index in [2.05, 4.69) is 4.98 Å². The predicted octanol–water partition coefficient (Wildman–Crippen LogP) is 2.63. The van der Waals surface area contributed by atoms with Crippen molar-refractivity contribution < 1.29 is 18.9 Å². The van der Waals surface area contributed by atoms with Gasteiger partial charge in [-0.3, -0.25) is 24.6 Å². The maximum absolute atomic E-state index is 12.1. The van der Waals surface area contributed by atoms with Crippen molar-refractivity contribution >= 4 is 28.6 Å². The van der Waals surface area contributed by atoms with Gasteiger partial charge < -0.3 is 4.42 Å². The second-order valence-corrected chi connectivity index (χ2v) is 5.36. The topological polar surface area (TPSA) is 107 Å². The molecule has 0 radical (unpaired) electrons. The molecule has 4 rings (SSSR count). The highest BCUT2D eigenvalue weighted by molar-refractivity contribution is 6.21. The van der Waals surface area contributed by atoms with Gasteiger partial charge in [-0.25, -0.2) is 4.98 Å². The molecule has 2 heterocycles. The molecule has 118 valence electrons. The van der Waals surface area contributed by atoms with Crippen LogP contribution in [0.5, 0.6) is 0 Å². The first-order valence-electron chi connectivity index (χ1n) is 6.97. The Morgan fingerprint density at radius 1 is 1.08 bits per heavy atom. The maximum Gasteiger partial charge on any atom is 0.273 e. The van der Waals surface area contributed by atoms with Crippen molar-refractivity contribution in [3.63, 3.8) is 0 Å². The van der Waals surface area contributed by atoms with Crippen LogP contribution in [0, 0.1) is 10.1 Å². The lowest BCUT2D eigenvalue weighted by Crippen LogP contribution is -2.24. The van der Waals surface area contributed by atoms with Crippen LogP contribution in [0.2, 0.25) is 0 Å². The summed E-state index contributed by atoms with van der Waals surface area (Å²) in [5.74, 6) is -0.513. The van der Waals surface area contributed by atoms with Gasteiger partial charge in [0.05, 0.1) is 22.1 Å². The molecular formula is C16H9N3O5. The molecule has 8 heteroatoms. The van der Waals surface area contributed by atoms with Gasteiger partial charge >= 0.3 is 0 Å². The Morgan fingerprint density at radius 2 is 1.83 bits per heavy atom. The largest absolute Gasteiger partial charge is 0.436 e. The number of amides is 2. The second kappa shape index (κ2) is 4.72. The smallest absolute Gasteiger partial charge is 0.273 e. The van der Waals surface area contributed by atoms with Crippen molar-refractivity contribution in [2.45, 2.75) is 0 Å². The highest BCUT2D eigenvalue weighted by atomic mass is 16.6. The minimum atomic E-state index is -0.517. The monoisotopic (exact) mass is 323 g/mol. The van der Waals surface area contributed by atoms with Crippen molar-refractivity contribution in [1.82, 2.24) is 9.88 Å². The molecule has 1 aliphatic heterocycles. The number of nitrogens with zero attached hydrogens (tertiary/aromatic N) is 3. The normalized spacial score (nSPS) is 13.6. The number of nitro groups is 1. The number of aromatic nitrogens is 1. The third-order valence-corrected chi connectivity index (χ3v) is 3.92. The first kappa shape index (κ1) is 14.1. The van der Waals surface area contributed by atoms with Crippen LogP contribution in [-0.4, -0.2) is 33.7 Å². The van der Waals surface area contributed by atoms with Gasteiger partial charge in [0, 0.05) is 18.7 Å². The number of benzene rings is 2. The number of carbonyl (C=O) groups excluding carboxylic acids is 2. The van der Waals surface area contributed by atoms with Gasteiger partial charge in [0.25, 0.3) is 17.5 Å². The number of hydrogen-bond donors (Lipinski definition) is 0. The zero-order valence-corrected chi connectivity index (χ0v) is 12.3. The average Bonchev–Trinajstić information content (AvgIpc) is 3.10. The number of oxazole rings is 1. The number of imide groups is 1. The number of fused-ring (bicyclic) bond motifs is 2. The summed E-state index contributed by atoms with van der Waals surface area (Å²) in [5, 5.41) is 10.8. The summed E-state index contributed by atoms with van der Waals surface area (Å²) >= 11 is 0. The fourth-order valence-electron chi connectivity index (χ4n) is 2.64. The average molecular weight is 323 g/mol. The fourth-order valence-corrected chi connectivity index (χ4v) is 2.64. The lowest BCUT2D eigenvalue weighted by Gasteiger charge is -2.02. The van der Waals surface area contributed by atoms with E-state index < -0.39 is 4.92 Å². The molecule has 0 unspecified atom stereocenters. The summed E-state index contributed by atoms with van der Waals surface area (Å²) in [5.41, 5.74) is 1.78. The molecule has 24 heavy (non-hydrogen) atoms. The van der Waals surface area contributed by atoms with Crippen molar-refractivity contribution in [3.05, 3.63) is 57.6 Å². The Balaban J connectivity index is 1.83. The van der Waals surface area contributed by atoms with Gasteiger partial charge in [-0.1, -0.05) is 0 Å². The zero-order valence-electron chi connectivity index (χ0n) is 12.3. The molecule has 0 aliphatic carbocycles. The summed E-state index contributed by atoms with van der Waals surface area (Å²) in [6.45, 7) is 0. The Bertz CT molecular complexity index is 1050. The van der Waals surface area contributed by atoms with Crippen LogP contribution < -0.4 is 0 Å². The highest BCUT2D eigenvalue weighted by Crippen LogP contribution is 2.30.